The minimum atomic E-state index is -0.992. The molecule has 5 rings (SSSR count). The third-order valence-corrected chi connectivity index (χ3v) is 7.39. The van der Waals surface area contributed by atoms with Gasteiger partial charge in [-0.1, -0.05) is 6.07 Å². The highest BCUT2D eigenvalue weighted by Crippen LogP contribution is 2.21. The number of nitrogens with one attached hydrogen (secondary N) is 2. The number of unbranched alkanes of at least 4 members (excludes halogenated alkanes) is 1. The standard InChI is InChI=1S/C31H35F2N7O3/c32-23-17-24(33)19-26(18-23)43-16-15-39(11-2-1-6-25-8-7-22-5-3-10-34-30(22)37-25)14-9-27(31(41)42)38-28-20-29(36-21-35-28)40-12-4-13-40/h4,7-8,12-13,17-21,27H,1-3,5-6,9-11,14-16H2,(H2-,34,35,36,37,38,41,42)/p+1/t27-/m0/s1. The largest absolute Gasteiger partial charge is 0.492 e. The van der Waals surface area contributed by atoms with Gasteiger partial charge in [-0.3, -0.25) is 4.90 Å². The van der Waals surface area contributed by atoms with Crippen molar-refractivity contribution < 1.29 is 28.0 Å². The van der Waals surface area contributed by atoms with Gasteiger partial charge in [-0.2, -0.15) is 4.98 Å². The number of ether oxygens (including phenoxy) is 1. The normalized spacial score (nSPS) is 14.3. The summed E-state index contributed by atoms with van der Waals surface area (Å²) >= 11 is 0. The molecule has 0 fully saturated rings. The van der Waals surface area contributed by atoms with Crippen LogP contribution in [0, 0.1) is 11.6 Å². The van der Waals surface area contributed by atoms with Crippen LogP contribution < -0.4 is 15.4 Å². The zero-order valence-corrected chi connectivity index (χ0v) is 23.9. The highest BCUT2D eigenvalue weighted by atomic mass is 19.1. The van der Waals surface area contributed by atoms with Crippen molar-refractivity contribution >= 4 is 29.6 Å². The Morgan fingerprint density at radius 2 is 1.95 bits per heavy atom. The van der Waals surface area contributed by atoms with Gasteiger partial charge in [0.1, 0.15) is 41.7 Å². The van der Waals surface area contributed by atoms with Gasteiger partial charge in [0.05, 0.1) is 18.5 Å². The zero-order chi connectivity index (χ0) is 30.0. The first kappa shape index (κ1) is 30.0. The Balaban J connectivity index is 1.16. The van der Waals surface area contributed by atoms with Gasteiger partial charge in [0.2, 0.25) is 6.33 Å². The number of fused-ring (bicyclic) bond motifs is 1. The van der Waals surface area contributed by atoms with Gasteiger partial charge in [-0.15, -0.1) is 0 Å². The van der Waals surface area contributed by atoms with Gasteiger partial charge >= 0.3 is 11.8 Å². The Morgan fingerprint density at radius 3 is 2.72 bits per heavy atom. The van der Waals surface area contributed by atoms with E-state index in [2.05, 4.69) is 37.6 Å². The molecule has 1 aromatic carbocycles. The lowest BCUT2D eigenvalue weighted by atomic mass is 10.1. The van der Waals surface area contributed by atoms with Crippen molar-refractivity contribution in [1.29, 1.82) is 0 Å². The van der Waals surface area contributed by atoms with Crippen LogP contribution in [0.1, 0.15) is 36.9 Å². The molecule has 0 aliphatic carbocycles. The summed E-state index contributed by atoms with van der Waals surface area (Å²) in [6.45, 7) is 2.76. The number of carboxylic acid groups (broad SMARTS) is 1. The summed E-state index contributed by atoms with van der Waals surface area (Å²) in [5.74, 6) is -0.244. The van der Waals surface area contributed by atoms with E-state index in [9.17, 15) is 18.7 Å². The highest BCUT2D eigenvalue weighted by Gasteiger charge is 2.21. The van der Waals surface area contributed by atoms with Crippen LogP contribution in [0.5, 0.6) is 5.75 Å². The second-order valence-corrected chi connectivity index (χ2v) is 10.6. The number of carbonyl (C=O) groups is 1. The van der Waals surface area contributed by atoms with E-state index in [0.29, 0.717) is 37.7 Å². The summed E-state index contributed by atoms with van der Waals surface area (Å²) in [4.78, 5) is 27.4. The molecule has 4 heterocycles. The van der Waals surface area contributed by atoms with Gasteiger partial charge in [0.25, 0.3) is 0 Å². The van der Waals surface area contributed by atoms with Gasteiger partial charge < -0.3 is 20.5 Å². The number of halogens is 2. The molecule has 0 unspecified atom stereocenters. The zero-order valence-electron chi connectivity index (χ0n) is 23.9. The molecule has 3 N–H and O–H groups in total. The van der Waals surface area contributed by atoms with Gasteiger partial charge in [0, 0.05) is 49.6 Å². The molecule has 1 atom stereocenters. The minimum Gasteiger partial charge on any atom is -0.492 e. The number of pyridine rings is 1. The molecule has 0 saturated heterocycles. The van der Waals surface area contributed by atoms with Crippen LogP contribution in [0.3, 0.4) is 0 Å². The number of anilines is 2. The number of carboxylic acids is 1. The predicted octanol–water partition coefficient (Wildman–Crippen LogP) is 4.41. The average molecular weight is 593 g/mol. The van der Waals surface area contributed by atoms with E-state index in [0.717, 1.165) is 68.4 Å². The number of aliphatic carboxylic acids is 1. The number of aryl methyl sites for hydroxylation is 2. The lowest BCUT2D eigenvalue weighted by Gasteiger charge is -2.24. The number of hydrogen-bond donors (Lipinski definition) is 3. The van der Waals surface area contributed by atoms with Crippen molar-refractivity contribution in [3.05, 3.63) is 77.9 Å². The number of rotatable bonds is 16. The van der Waals surface area contributed by atoms with Crippen LogP contribution >= 0.6 is 0 Å². The topological polar surface area (TPSA) is 116 Å². The fraction of sp³-hybridized carbons (Fsp3) is 0.387. The van der Waals surface area contributed by atoms with Crippen LogP contribution in [0.4, 0.5) is 26.2 Å². The molecule has 10 nitrogen and oxygen atoms in total. The van der Waals surface area contributed by atoms with Crippen LogP contribution in [0.2, 0.25) is 0 Å². The molecule has 0 bridgehead atoms. The lowest BCUT2D eigenvalue weighted by Crippen LogP contribution is -2.37. The summed E-state index contributed by atoms with van der Waals surface area (Å²) in [5, 5.41) is 16.3. The molecule has 43 heavy (non-hydrogen) atoms. The second-order valence-electron chi connectivity index (χ2n) is 10.6. The molecule has 226 valence electrons. The minimum absolute atomic E-state index is 0.114. The number of aromatic nitrogens is 3. The summed E-state index contributed by atoms with van der Waals surface area (Å²) in [6.07, 6.45) is 12.0. The number of benzene rings is 1. The first-order valence-corrected chi connectivity index (χ1v) is 14.6. The predicted molar refractivity (Wildman–Crippen MR) is 159 cm³/mol. The summed E-state index contributed by atoms with van der Waals surface area (Å²) in [5.41, 5.74) is 2.30. The fourth-order valence-electron chi connectivity index (χ4n) is 5.03. The van der Waals surface area contributed by atoms with E-state index in [1.807, 2.05) is 23.1 Å². The van der Waals surface area contributed by atoms with Crippen molar-refractivity contribution in [3.8, 4) is 5.75 Å². The van der Waals surface area contributed by atoms with Gasteiger partial charge in [0.15, 0.2) is 0 Å². The summed E-state index contributed by atoms with van der Waals surface area (Å²) < 4.78 is 34.6. The van der Waals surface area contributed by atoms with Gasteiger partial charge in [-0.05, 0) is 61.7 Å². The number of allylic oxidation sites excluding steroid dienone is 1. The van der Waals surface area contributed by atoms with Crippen molar-refractivity contribution in [2.24, 2.45) is 0 Å². The highest BCUT2D eigenvalue weighted by molar-refractivity contribution is 5.77. The molecule has 0 spiro atoms. The van der Waals surface area contributed by atoms with E-state index in [1.54, 1.807) is 6.07 Å². The van der Waals surface area contributed by atoms with Crippen molar-refractivity contribution in [3.63, 3.8) is 0 Å². The maximum Gasteiger partial charge on any atom is 0.333 e. The van der Waals surface area contributed by atoms with E-state index in [4.69, 9.17) is 9.72 Å². The lowest BCUT2D eigenvalue weighted by molar-refractivity contribution is -0.369. The van der Waals surface area contributed by atoms with Crippen molar-refractivity contribution in [2.75, 3.05) is 43.4 Å². The number of hydrogen-bond acceptors (Lipinski definition) is 8. The Kier molecular flexibility index (Phi) is 10.2. The average Bonchev–Trinajstić information content (AvgIpc) is 2.95. The Hall–Kier alpha value is -4.45. The molecule has 0 amide bonds. The van der Waals surface area contributed by atoms with Crippen LogP contribution in [0.25, 0.3) is 0 Å². The Labute approximate surface area is 249 Å². The number of nitrogens with zero attached hydrogens (tertiary/aromatic N) is 5. The molecular weight excluding hydrogens is 556 g/mol. The van der Waals surface area contributed by atoms with Gasteiger partial charge in [-0.25, -0.2) is 23.1 Å². The molecule has 2 aromatic heterocycles. The first-order valence-electron chi connectivity index (χ1n) is 14.6. The fourth-order valence-corrected chi connectivity index (χ4v) is 5.03. The Bertz CT molecular complexity index is 1460. The van der Waals surface area contributed by atoms with Crippen LogP contribution in [-0.4, -0.2) is 80.5 Å². The smallest absolute Gasteiger partial charge is 0.333 e. The molecule has 12 heteroatoms. The van der Waals surface area contributed by atoms with E-state index in [-0.39, 0.29) is 12.4 Å². The van der Waals surface area contributed by atoms with E-state index >= 15 is 0 Å². The maximum absolute atomic E-state index is 13.6. The quantitative estimate of drug-likeness (QED) is 0.164. The molecule has 2 aliphatic rings. The Morgan fingerprint density at radius 1 is 1.12 bits per heavy atom. The molecular formula is C31H36F2N7O3+. The molecule has 0 radical (unpaired) electrons. The van der Waals surface area contributed by atoms with E-state index < -0.39 is 23.6 Å². The monoisotopic (exact) mass is 592 g/mol. The SMILES string of the molecule is O=C(O)[C@H](CCN(CCCCc1ccc2c(n1)NCCC2)CCOc1cc(F)cc(F)c1)Nc1cc([N+]2=CC=C2)ncn1. The summed E-state index contributed by atoms with van der Waals surface area (Å²) in [6, 6.07) is 8.14. The van der Waals surface area contributed by atoms with Crippen LogP contribution in [0.15, 0.2) is 55.0 Å². The maximum atomic E-state index is 13.6. The molecule has 2 aliphatic heterocycles. The van der Waals surface area contributed by atoms with E-state index in [1.165, 1.54) is 11.9 Å². The first-order chi connectivity index (χ1) is 20.9. The molecule has 0 saturated carbocycles. The van der Waals surface area contributed by atoms with Crippen molar-refractivity contribution in [2.45, 2.75) is 44.6 Å². The molecule has 3 aromatic rings. The second kappa shape index (κ2) is 14.6. The third kappa shape index (κ3) is 8.77. The van der Waals surface area contributed by atoms with Crippen LogP contribution in [-0.2, 0) is 17.6 Å². The third-order valence-electron chi connectivity index (χ3n) is 7.39. The van der Waals surface area contributed by atoms with Crippen molar-refractivity contribution in [1.82, 2.24) is 19.9 Å². The summed E-state index contributed by atoms with van der Waals surface area (Å²) in [7, 11) is 0.